The number of rotatable bonds is 8. The molecule has 1 aliphatic carbocycles. The second-order valence-corrected chi connectivity index (χ2v) is 10.7. The van der Waals surface area contributed by atoms with Crippen LogP contribution in [-0.2, 0) is 9.59 Å². The number of hydrogen-bond acceptors (Lipinski definition) is 10. The molecule has 1 amide bonds. The van der Waals surface area contributed by atoms with Crippen molar-refractivity contribution in [2.24, 2.45) is 5.92 Å². The highest BCUT2D eigenvalue weighted by atomic mass is 32.2. The molecule has 1 aliphatic heterocycles. The highest BCUT2D eigenvalue weighted by molar-refractivity contribution is 7.99. The number of aliphatic carboxylic acids is 1. The van der Waals surface area contributed by atoms with E-state index in [1.807, 2.05) is 43.3 Å². The summed E-state index contributed by atoms with van der Waals surface area (Å²) in [5.41, 5.74) is 1.80. The smallest absolute Gasteiger partial charge is 0.332 e. The maximum absolute atomic E-state index is 12.0. The largest absolute Gasteiger partial charge is 0.479 e. The number of aliphatic hydroxyl groups excluding tert-OH is 1. The topological polar surface area (TPSA) is 160 Å². The Labute approximate surface area is 231 Å². The Morgan fingerprint density at radius 1 is 1.08 bits per heavy atom. The van der Waals surface area contributed by atoms with Gasteiger partial charge in [-0.15, -0.1) is 0 Å². The lowest BCUT2D eigenvalue weighted by atomic mass is 10.3. The van der Waals surface area contributed by atoms with Crippen molar-refractivity contribution in [3.05, 3.63) is 42.1 Å². The summed E-state index contributed by atoms with van der Waals surface area (Å²) in [5, 5.41) is 29.9. The molecule has 39 heavy (non-hydrogen) atoms. The molecule has 0 unspecified atom stereocenters. The molecule has 13 heteroatoms. The summed E-state index contributed by atoms with van der Waals surface area (Å²) in [5.74, 6) is 1.46. The van der Waals surface area contributed by atoms with E-state index in [2.05, 4.69) is 37.7 Å². The quantitative estimate of drug-likeness (QED) is 0.261. The van der Waals surface area contributed by atoms with Gasteiger partial charge in [-0.05, 0) is 69.8 Å². The van der Waals surface area contributed by atoms with Crippen LogP contribution in [0, 0.1) is 12.8 Å². The number of carboxylic acid groups (broad SMARTS) is 1. The number of anilines is 4. The number of aryl methyl sites for hydroxylation is 1. The van der Waals surface area contributed by atoms with Crippen LogP contribution in [0.4, 0.5) is 23.1 Å². The maximum Gasteiger partial charge on any atom is 0.332 e. The third-order valence-corrected chi connectivity index (χ3v) is 6.99. The summed E-state index contributed by atoms with van der Waals surface area (Å²) in [6.45, 7) is 7.01. The molecular formula is C26H34N8O4S. The van der Waals surface area contributed by atoms with Gasteiger partial charge in [0.15, 0.2) is 11.0 Å². The maximum atomic E-state index is 12.0. The highest BCUT2D eigenvalue weighted by Crippen LogP contribution is 2.32. The number of benzene rings is 1. The first-order valence-corrected chi connectivity index (χ1v) is 13.6. The molecule has 12 nitrogen and oxygen atoms in total. The van der Waals surface area contributed by atoms with Crippen molar-refractivity contribution < 1.29 is 19.8 Å². The number of aromatic amines is 1. The lowest BCUT2D eigenvalue weighted by molar-refractivity contribution is -0.145. The van der Waals surface area contributed by atoms with Gasteiger partial charge < -0.3 is 30.6 Å². The summed E-state index contributed by atoms with van der Waals surface area (Å²) in [6.07, 6.45) is 0.759. The van der Waals surface area contributed by atoms with E-state index in [1.165, 1.54) is 18.7 Å². The number of amides is 1. The van der Waals surface area contributed by atoms with Crippen molar-refractivity contribution in [2.45, 2.75) is 42.8 Å². The predicted octanol–water partition coefficient (Wildman–Crippen LogP) is 2.96. The highest BCUT2D eigenvalue weighted by Gasteiger charge is 2.29. The summed E-state index contributed by atoms with van der Waals surface area (Å²) >= 11 is 1.50. The second-order valence-electron chi connectivity index (χ2n) is 9.65. The number of aliphatic hydroxyl groups is 1. The van der Waals surface area contributed by atoms with Crippen LogP contribution >= 0.6 is 11.8 Å². The van der Waals surface area contributed by atoms with Gasteiger partial charge in [0.05, 0.1) is 0 Å². The van der Waals surface area contributed by atoms with Gasteiger partial charge in [0.25, 0.3) is 0 Å². The molecule has 0 bridgehead atoms. The first-order valence-electron chi connectivity index (χ1n) is 12.8. The minimum Gasteiger partial charge on any atom is -0.479 e. The number of H-pyrrole nitrogens is 1. The molecule has 1 atom stereocenters. The molecule has 2 fully saturated rings. The SMILES string of the molecule is C[C@H](O)C(=O)O.Cc1cc(Nc2cc(N3CCN(C)CC3)nc(Sc3ccc(NC(=O)C4CC4)cc3)n2)n[nH]1. The molecule has 5 rings (SSSR count). The predicted molar refractivity (Wildman–Crippen MR) is 150 cm³/mol. The third kappa shape index (κ3) is 8.67. The second kappa shape index (κ2) is 12.9. The average molecular weight is 555 g/mol. The van der Waals surface area contributed by atoms with Crippen molar-refractivity contribution in [1.82, 2.24) is 25.1 Å². The van der Waals surface area contributed by atoms with E-state index in [4.69, 9.17) is 20.2 Å². The molecule has 0 spiro atoms. The minimum atomic E-state index is -1.23. The molecule has 2 aliphatic rings. The lowest BCUT2D eigenvalue weighted by Gasteiger charge is -2.33. The zero-order chi connectivity index (χ0) is 27.9. The van der Waals surface area contributed by atoms with E-state index in [0.717, 1.165) is 66.9 Å². The zero-order valence-corrected chi connectivity index (χ0v) is 23.0. The molecule has 208 valence electrons. The Kier molecular flexibility index (Phi) is 9.38. The Bertz CT molecular complexity index is 1270. The van der Waals surface area contributed by atoms with E-state index >= 15 is 0 Å². The van der Waals surface area contributed by atoms with Crippen LogP contribution in [0.3, 0.4) is 0 Å². The van der Waals surface area contributed by atoms with E-state index in [-0.39, 0.29) is 11.8 Å². The first kappa shape index (κ1) is 28.3. The summed E-state index contributed by atoms with van der Waals surface area (Å²) in [4.78, 5) is 36.6. The monoisotopic (exact) mass is 554 g/mol. The minimum absolute atomic E-state index is 0.114. The van der Waals surface area contributed by atoms with Crippen molar-refractivity contribution >= 4 is 46.8 Å². The van der Waals surface area contributed by atoms with Crippen LogP contribution in [0.15, 0.2) is 46.5 Å². The van der Waals surface area contributed by atoms with Crippen LogP contribution in [0.25, 0.3) is 0 Å². The molecule has 1 saturated heterocycles. The summed E-state index contributed by atoms with van der Waals surface area (Å²) in [7, 11) is 2.14. The van der Waals surface area contributed by atoms with Crippen molar-refractivity contribution in [3.8, 4) is 0 Å². The van der Waals surface area contributed by atoms with Gasteiger partial charge in [-0.2, -0.15) is 5.10 Å². The van der Waals surface area contributed by atoms with E-state index in [9.17, 15) is 9.59 Å². The number of aromatic nitrogens is 4. The Morgan fingerprint density at radius 2 is 1.74 bits per heavy atom. The van der Waals surface area contributed by atoms with Gasteiger partial charge in [0.2, 0.25) is 5.91 Å². The molecule has 3 heterocycles. The third-order valence-electron chi connectivity index (χ3n) is 6.12. The number of nitrogens with one attached hydrogen (secondary N) is 3. The van der Waals surface area contributed by atoms with Gasteiger partial charge in [-0.1, -0.05) is 0 Å². The Morgan fingerprint density at radius 3 is 2.31 bits per heavy atom. The van der Waals surface area contributed by atoms with Gasteiger partial charge in [0.1, 0.15) is 17.7 Å². The number of hydrogen-bond donors (Lipinski definition) is 5. The van der Waals surface area contributed by atoms with E-state index < -0.39 is 12.1 Å². The summed E-state index contributed by atoms with van der Waals surface area (Å²) < 4.78 is 0. The summed E-state index contributed by atoms with van der Waals surface area (Å²) in [6, 6.07) is 11.8. The zero-order valence-electron chi connectivity index (χ0n) is 22.2. The fraction of sp³-hybridized carbons (Fsp3) is 0.423. The number of nitrogens with zero attached hydrogens (tertiary/aromatic N) is 5. The number of likely N-dealkylation sites (N-methyl/N-ethyl adjacent to an activating group) is 1. The average Bonchev–Trinajstić information content (AvgIpc) is 3.68. The van der Waals surface area contributed by atoms with Crippen LogP contribution in [-0.4, -0.2) is 86.5 Å². The molecule has 1 saturated carbocycles. The fourth-order valence-electron chi connectivity index (χ4n) is 3.63. The molecule has 5 N–H and O–H groups in total. The number of piperazine rings is 1. The normalized spacial score (nSPS) is 16.2. The molecule has 0 radical (unpaired) electrons. The molecule has 2 aromatic heterocycles. The standard InChI is InChI=1S/C23H28N8OS.C3H6O3/c1-15-13-20(29-28-15)25-19-14-21(31-11-9-30(2)10-12-31)27-23(26-19)33-18-7-5-17(6-8-18)24-22(32)16-3-4-16;1-2(4)3(5)6/h5-8,13-14,16H,3-4,9-12H2,1-2H3,(H,24,32)(H2,25,26,27,28,29);2,4H,1H3,(H,5,6)/t;2-/m.0/s1. The van der Waals surface area contributed by atoms with E-state index in [0.29, 0.717) is 11.0 Å². The first-order chi connectivity index (χ1) is 18.7. The Hall–Kier alpha value is -3.68. The van der Waals surface area contributed by atoms with Crippen LogP contribution in [0.2, 0.25) is 0 Å². The van der Waals surface area contributed by atoms with Crippen LogP contribution < -0.4 is 15.5 Å². The lowest BCUT2D eigenvalue weighted by Crippen LogP contribution is -2.44. The molecule has 1 aromatic carbocycles. The van der Waals surface area contributed by atoms with Crippen LogP contribution in [0.1, 0.15) is 25.5 Å². The van der Waals surface area contributed by atoms with Gasteiger partial charge in [-0.3, -0.25) is 9.89 Å². The van der Waals surface area contributed by atoms with E-state index in [1.54, 1.807) is 0 Å². The van der Waals surface area contributed by atoms with Crippen molar-refractivity contribution in [2.75, 3.05) is 48.8 Å². The number of carbonyl (C=O) groups is 2. The number of carboxylic acids is 1. The molecule has 3 aromatic rings. The van der Waals surface area contributed by atoms with Gasteiger partial charge in [0, 0.05) is 60.5 Å². The fourth-order valence-corrected chi connectivity index (χ4v) is 4.40. The van der Waals surface area contributed by atoms with Crippen molar-refractivity contribution in [1.29, 1.82) is 0 Å². The van der Waals surface area contributed by atoms with Crippen molar-refractivity contribution in [3.63, 3.8) is 0 Å². The van der Waals surface area contributed by atoms with Gasteiger partial charge in [-0.25, -0.2) is 14.8 Å². The Balaban J connectivity index is 0.000000531. The molecular weight excluding hydrogens is 520 g/mol. The van der Waals surface area contributed by atoms with Gasteiger partial charge >= 0.3 is 5.97 Å². The number of carbonyl (C=O) groups excluding carboxylic acids is 1. The van der Waals surface area contributed by atoms with Crippen LogP contribution in [0.5, 0.6) is 0 Å².